The first-order chi connectivity index (χ1) is 10.8. The van der Waals surface area contributed by atoms with E-state index in [1.165, 1.54) is 11.3 Å². The molecule has 0 aliphatic rings. The average molecular weight is 293 g/mol. The van der Waals surface area contributed by atoms with E-state index in [2.05, 4.69) is 47.2 Å². The molecule has 2 aromatic rings. The van der Waals surface area contributed by atoms with Crippen LogP contribution >= 0.6 is 0 Å². The van der Waals surface area contributed by atoms with E-state index >= 15 is 0 Å². The minimum atomic E-state index is 0.862. The molecule has 22 heavy (non-hydrogen) atoms. The van der Waals surface area contributed by atoms with Gasteiger partial charge < -0.3 is 4.90 Å². The zero-order chi connectivity index (χ0) is 15.8. The van der Waals surface area contributed by atoms with Gasteiger partial charge in [0.25, 0.3) is 0 Å². The fraction of sp³-hybridized carbons (Fsp3) is 0.263. The summed E-state index contributed by atoms with van der Waals surface area (Å²) in [6.45, 7) is 8.35. The zero-order valence-electron chi connectivity index (χ0n) is 13.5. The van der Waals surface area contributed by atoms with E-state index in [4.69, 9.17) is 0 Å². The monoisotopic (exact) mass is 293 g/mol. The normalized spacial score (nSPS) is 11.4. The molecule has 0 aromatic heterocycles. The predicted octanol–water partition coefficient (Wildman–Crippen LogP) is 5.98. The fourth-order valence-electron chi connectivity index (χ4n) is 2.28. The molecule has 2 aromatic carbocycles. The molecule has 0 saturated carbocycles. The van der Waals surface area contributed by atoms with E-state index < -0.39 is 0 Å². The van der Waals surface area contributed by atoms with Crippen LogP contribution in [0.25, 0.3) is 6.08 Å². The first-order valence-electron chi connectivity index (χ1n) is 7.76. The lowest BCUT2D eigenvalue weighted by Crippen LogP contribution is -2.21. The summed E-state index contributed by atoms with van der Waals surface area (Å²) in [6, 6.07) is 16.2. The summed E-state index contributed by atoms with van der Waals surface area (Å²) in [5.74, 6) is 0. The number of rotatable bonds is 6. The molecule has 2 rings (SSSR count). The number of hydrogen-bond acceptors (Lipinski definition) is 3. The van der Waals surface area contributed by atoms with Crippen molar-refractivity contribution in [1.29, 1.82) is 0 Å². The molecule has 0 bridgehead atoms. The molecule has 0 amide bonds. The molecule has 114 valence electrons. The SMILES string of the molecule is CC=Cc1ccc(N=Nc2ccc(N(CC)CC)cc2)cc1. The molecule has 0 unspecified atom stereocenters. The van der Waals surface area contributed by atoms with E-state index in [1.807, 2.05) is 49.4 Å². The van der Waals surface area contributed by atoms with Gasteiger partial charge in [-0.3, -0.25) is 0 Å². The van der Waals surface area contributed by atoms with Crippen LogP contribution in [-0.2, 0) is 0 Å². The van der Waals surface area contributed by atoms with Crippen LogP contribution < -0.4 is 4.90 Å². The highest BCUT2D eigenvalue weighted by molar-refractivity contribution is 5.54. The van der Waals surface area contributed by atoms with E-state index in [0.29, 0.717) is 0 Å². The number of hydrogen-bond donors (Lipinski definition) is 0. The topological polar surface area (TPSA) is 28.0 Å². The molecule has 0 aliphatic heterocycles. The van der Waals surface area contributed by atoms with Crippen LogP contribution in [0.2, 0.25) is 0 Å². The highest BCUT2D eigenvalue weighted by atomic mass is 15.1. The van der Waals surface area contributed by atoms with E-state index in [-0.39, 0.29) is 0 Å². The third kappa shape index (κ3) is 4.29. The van der Waals surface area contributed by atoms with Gasteiger partial charge >= 0.3 is 0 Å². The largest absolute Gasteiger partial charge is 0.372 e. The van der Waals surface area contributed by atoms with Gasteiger partial charge in [0.2, 0.25) is 0 Å². The Morgan fingerprint density at radius 3 is 1.77 bits per heavy atom. The van der Waals surface area contributed by atoms with Crippen molar-refractivity contribution in [3.8, 4) is 0 Å². The molecule has 0 N–H and O–H groups in total. The molecule has 0 saturated heterocycles. The van der Waals surface area contributed by atoms with Crippen molar-refractivity contribution in [2.75, 3.05) is 18.0 Å². The quantitative estimate of drug-likeness (QED) is 0.602. The number of azo groups is 1. The van der Waals surface area contributed by atoms with Gasteiger partial charge in [-0.2, -0.15) is 10.2 Å². The van der Waals surface area contributed by atoms with Crippen molar-refractivity contribution in [2.24, 2.45) is 10.2 Å². The fourth-order valence-corrected chi connectivity index (χ4v) is 2.28. The Morgan fingerprint density at radius 2 is 1.32 bits per heavy atom. The van der Waals surface area contributed by atoms with Gasteiger partial charge in [0.15, 0.2) is 0 Å². The zero-order valence-corrected chi connectivity index (χ0v) is 13.5. The Balaban J connectivity index is 2.06. The Bertz CT molecular complexity index is 621. The summed E-state index contributed by atoms with van der Waals surface area (Å²) >= 11 is 0. The van der Waals surface area contributed by atoms with Gasteiger partial charge in [-0.1, -0.05) is 24.3 Å². The van der Waals surface area contributed by atoms with Crippen molar-refractivity contribution in [1.82, 2.24) is 0 Å². The van der Waals surface area contributed by atoms with Gasteiger partial charge in [0, 0.05) is 18.8 Å². The number of allylic oxidation sites excluding steroid dienone is 1. The second-order valence-electron chi connectivity index (χ2n) is 4.98. The van der Waals surface area contributed by atoms with Gasteiger partial charge in [-0.15, -0.1) is 0 Å². The van der Waals surface area contributed by atoms with E-state index in [0.717, 1.165) is 24.5 Å². The Labute approximate surface area is 133 Å². The van der Waals surface area contributed by atoms with Crippen molar-refractivity contribution in [3.63, 3.8) is 0 Å². The molecular formula is C19H23N3. The maximum Gasteiger partial charge on any atom is 0.0858 e. The second-order valence-corrected chi connectivity index (χ2v) is 4.98. The Morgan fingerprint density at radius 1 is 0.818 bits per heavy atom. The third-order valence-corrected chi connectivity index (χ3v) is 3.51. The van der Waals surface area contributed by atoms with Crippen LogP contribution in [-0.4, -0.2) is 13.1 Å². The second kappa shape index (κ2) is 8.13. The van der Waals surface area contributed by atoms with Crippen LogP contribution in [0.15, 0.2) is 64.8 Å². The Kier molecular flexibility index (Phi) is 5.90. The minimum Gasteiger partial charge on any atom is -0.372 e. The van der Waals surface area contributed by atoms with Gasteiger partial charge in [0.05, 0.1) is 11.4 Å². The lowest BCUT2D eigenvalue weighted by molar-refractivity contribution is 0.866. The van der Waals surface area contributed by atoms with Crippen molar-refractivity contribution >= 4 is 23.1 Å². The number of anilines is 1. The molecule has 0 atom stereocenters. The summed E-state index contributed by atoms with van der Waals surface area (Å²) in [5.41, 5.74) is 4.12. The average Bonchev–Trinajstić information content (AvgIpc) is 2.57. The molecule has 0 fully saturated rings. The predicted molar refractivity (Wildman–Crippen MR) is 95.3 cm³/mol. The molecule has 3 nitrogen and oxygen atoms in total. The maximum atomic E-state index is 4.29. The summed E-state index contributed by atoms with van der Waals surface area (Å²) in [5, 5.41) is 8.57. The van der Waals surface area contributed by atoms with Crippen LogP contribution in [0.1, 0.15) is 26.3 Å². The smallest absolute Gasteiger partial charge is 0.0858 e. The van der Waals surface area contributed by atoms with Gasteiger partial charge in [-0.25, -0.2) is 0 Å². The summed E-state index contributed by atoms with van der Waals surface area (Å²) < 4.78 is 0. The van der Waals surface area contributed by atoms with Crippen LogP contribution in [0.5, 0.6) is 0 Å². The van der Waals surface area contributed by atoms with Crippen LogP contribution in [0.4, 0.5) is 17.1 Å². The number of nitrogens with zero attached hydrogens (tertiary/aromatic N) is 3. The molecule has 0 heterocycles. The highest BCUT2D eigenvalue weighted by Crippen LogP contribution is 2.22. The molecule has 3 heteroatoms. The first kappa shape index (κ1) is 16.0. The molecule has 0 aliphatic carbocycles. The van der Waals surface area contributed by atoms with Crippen molar-refractivity contribution in [2.45, 2.75) is 20.8 Å². The first-order valence-corrected chi connectivity index (χ1v) is 7.76. The lowest BCUT2D eigenvalue weighted by atomic mass is 10.2. The molecule has 0 radical (unpaired) electrons. The van der Waals surface area contributed by atoms with E-state index in [9.17, 15) is 0 Å². The lowest BCUT2D eigenvalue weighted by Gasteiger charge is -2.20. The van der Waals surface area contributed by atoms with Crippen LogP contribution in [0, 0.1) is 0 Å². The standard InChI is InChI=1S/C19H23N3/c1-4-7-16-8-10-17(11-9-16)20-21-18-12-14-19(15-13-18)22(5-2)6-3/h4,7-15H,5-6H2,1-3H3. The highest BCUT2D eigenvalue weighted by Gasteiger charge is 2.00. The number of benzene rings is 2. The molecule has 0 spiro atoms. The van der Waals surface area contributed by atoms with Crippen molar-refractivity contribution in [3.05, 3.63) is 60.2 Å². The summed E-state index contributed by atoms with van der Waals surface area (Å²) in [6.07, 6.45) is 4.08. The van der Waals surface area contributed by atoms with Gasteiger partial charge in [0.1, 0.15) is 0 Å². The Hall–Kier alpha value is -2.42. The van der Waals surface area contributed by atoms with Crippen molar-refractivity contribution < 1.29 is 0 Å². The third-order valence-electron chi connectivity index (χ3n) is 3.51. The molecular weight excluding hydrogens is 270 g/mol. The van der Waals surface area contributed by atoms with Crippen LogP contribution in [0.3, 0.4) is 0 Å². The minimum absolute atomic E-state index is 0.862. The maximum absolute atomic E-state index is 4.29. The summed E-state index contributed by atoms with van der Waals surface area (Å²) in [4.78, 5) is 2.31. The van der Waals surface area contributed by atoms with E-state index in [1.54, 1.807) is 0 Å². The summed E-state index contributed by atoms with van der Waals surface area (Å²) in [7, 11) is 0. The van der Waals surface area contributed by atoms with Gasteiger partial charge in [-0.05, 0) is 62.7 Å².